The molecule has 1 fully saturated rings. The molecule has 22 heavy (non-hydrogen) atoms. The molecule has 2 atom stereocenters. The van der Waals surface area contributed by atoms with E-state index in [4.69, 9.17) is 0 Å². The highest BCUT2D eigenvalue weighted by atomic mass is 32.2. The van der Waals surface area contributed by atoms with E-state index in [0.717, 1.165) is 19.5 Å². The summed E-state index contributed by atoms with van der Waals surface area (Å²) in [5.41, 5.74) is 0.471. The summed E-state index contributed by atoms with van der Waals surface area (Å²) in [5.74, 6) is 0.0991. The van der Waals surface area contributed by atoms with Crippen LogP contribution < -0.4 is 10.0 Å². The van der Waals surface area contributed by atoms with Gasteiger partial charge in [-0.2, -0.15) is 0 Å². The third kappa shape index (κ3) is 3.85. The van der Waals surface area contributed by atoms with Crippen molar-refractivity contribution in [1.82, 2.24) is 14.9 Å². The van der Waals surface area contributed by atoms with Gasteiger partial charge < -0.3 is 10.2 Å². The number of hydrogen-bond donors (Lipinski definition) is 2. The molecular weight excluding hydrogens is 302 g/mol. The molecule has 1 aromatic rings. The van der Waals surface area contributed by atoms with Gasteiger partial charge in [0.15, 0.2) is 0 Å². The van der Waals surface area contributed by atoms with Gasteiger partial charge in [-0.1, -0.05) is 6.92 Å². The van der Waals surface area contributed by atoms with Crippen molar-refractivity contribution in [3.8, 4) is 0 Å². The maximum atomic E-state index is 12.4. The number of amides is 1. The van der Waals surface area contributed by atoms with Crippen molar-refractivity contribution in [3.63, 3.8) is 0 Å². The van der Waals surface area contributed by atoms with Crippen LogP contribution in [0.2, 0.25) is 0 Å². The van der Waals surface area contributed by atoms with Crippen molar-refractivity contribution in [2.45, 2.75) is 24.3 Å². The van der Waals surface area contributed by atoms with Gasteiger partial charge >= 0.3 is 0 Å². The Morgan fingerprint density at radius 3 is 2.45 bits per heavy atom. The lowest BCUT2D eigenvalue weighted by molar-refractivity contribution is 0.0827. The fraction of sp³-hybridized carbons (Fsp3) is 0.533. The van der Waals surface area contributed by atoms with Gasteiger partial charge in [-0.15, -0.1) is 0 Å². The summed E-state index contributed by atoms with van der Waals surface area (Å²) in [6.07, 6.45) is 0.775. The molecular formula is C15H23N3O3S. The van der Waals surface area contributed by atoms with Crippen LogP contribution in [0.15, 0.2) is 29.2 Å². The smallest absolute Gasteiger partial charge is 0.253 e. The quantitative estimate of drug-likeness (QED) is 0.853. The lowest BCUT2D eigenvalue weighted by atomic mass is 9.97. The number of rotatable bonds is 4. The maximum Gasteiger partial charge on any atom is 0.253 e. The molecule has 1 aliphatic rings. The number of piperidine rings is 1. The number of carbonyl (C=O) groups excluding carboxylic acids is 1. The van der Waals surface area contributed by atoms with Crippen LogP contribution in [0, 0.1) is 5.92 Å². The standard InChI is InChI=1S/C15H23N3O3S/c1-11-10-16-9-8-14(11)17-22(20,21)13-6-4-12(5-7-13)15(19)18(2)3/h4-7,11,14,16-17H,8-10H2,1-3H3. The van der Waals surface area contributed by atoms with E-state index >= 15 is 0 Å². The highest BCUT2D eigenvalue weighted by Gasteiger charge is 2.26. The molecule has 6 nitrogen and oxygen atoms in total. The number of sulfonamides is 1. The van der Waals surface area contributed by atoms with Crippen LogP contribution >= 0.6 is 0 Å². The van der Waals surface area contributed by atoms with Gasteiger partial charge in [0.05, 0.1) is 4.90 Å². The van der Waals surface area contributed by atoms with Gasteiger partial charge in [0, 0.05) is 25.7 Å². The van der Waals surface area contributed by atoms with Crippen LogP contribution in [-0.4, -0.2) is 52.5 Å². The molecule has 0 spiro atoms. The number of carbonyl (C=O) groups is 1. The zero-order chi connectivity index (χ0) is 16.3. The highest BCUT2D eigenvalue weighted by Crippen LogP contribution is 2.16. The first kappa shape index (κ1) is 16.9. The Bertz CT molecular complexity index is 626. The van der Waals surface area contributed by atoms with Crippen molar-refractivity contribution in [3.05, 3.63) is 29.8 Å². The fourth-order valence-electron chi connectivity index (χ4n) is 2.49. The summed E-state index contributed by atoms with van der Waals surface area (Å²) < 4.78 is 27.6. The Balaban J connectivity index is 2.14. The molecule has 2 N–H and O–H groups in total. The molecule has 1 aliphatic heterocycles. The second-order valence-corrected chi connectivity index (χ2v) is 7.64. The molecule has 0 radical (unpaired) electrons. The van der Waals surface area contributed by atoms with Crippen LogP contribution in [0.25, 0.3) is 0 Å². The first-order chi connectivity index (χ1) is 10.3. The van der Waals surface area contributed by atoms with Crippen LogP contribution in [0.4, 0.5) is 0 Å². The van der Waals surface area contributed by atoms with Gasteiger partial charge in [0.2, 0.25) is 10.0 Å². The summed E-state index contributed by atoms with van der Waals surface area (Å²) in [6, 6.07) is 5.98. The molecule has 1 saturated heterocycles. The van der Waals surface area contributed by atoms with E-state index in [0.29, 0.717) is 5.56 Å². The second-order valence-electron chi connectivity index (χ2n) is 5.92. The lowest BCUT2D eigenvalue weighted by Crippen LogP contribution is -2.48. The minimum Gasteiger partial charge on any atom is -0.345 e. The lowest BCUT2D eigenvalue weighted by Gasteiger charge is -2.29. The van der Waals surface area contributed by atoms with Gasteiger partial charge in [-0.05, 0) is 49.7 Å². The Labute approximate surface area is 131 Å². The first-order valence-corrected chi connectivity index (χ1v) is 8.84. The average Bonchev–Trinajstić information content (AvgIpc) is 2.49. The zero-order valence-corrected chi connectivity index (χ0v) is 14.0. The van der Waals surface area contributed by atoms with Crippen molar-refractivity contribution >= 4 is 15.9 Å². The van der Waals surface area contributed by atoms with Crippen molar-refractivity contribution in [1.29, 1.82) is 0 Å². The fourth-order valence-corrected chi connectivity index (χ4v) is 3.87. The molecule has 0 aliphatic carbocycles. The third-order valence-electron chi connectivity index (χ3n) is 3.91. The molecule has 0 aromatic heterocycles. The van der Waals surface area contributed by atoms with E-state index in [1.165, 1.54) is 17.0 Å². The van der Waals surface area contributed by atoms with E-state index in [2.05, 4.69) is 10.0 Å². The van der Waals surface area contributed by atoms with Gasteiger partial charge in [-0.25, -0.2) is 13.1 Å². The summed E-state index contributed by atoms with van der Waals surface area (Å²) in [7, 11) is -0.239. The minimum absolute atomic E-state index is 0.0608. The normalized spacial score (nSPS) is 22.3. The van der Waals surface area contributed by atoms with Crippen LogP contribution in [0.5, 0.6) is 0 Å². The van der Waals surface area contributed by atoms with Crippen LogP contribution in [-0.2, 0) is 10.0 Å². The topological polar surface area (TPSA) is 78.5 Å². The van der Waals surface area contributed by atoms with E-state index < -0.39 is 10.0 Å². The first-order valence-electron chi connectivity index (χ1n) is 7.36. The van der Waals surface area contributed by atoms with Crippen molar-refractivity contribution in [2.24, 2.45) is 5.92 Å². The monoisotopic (exact) mass is 325 g/mol. The molecule has 122 valence electrons. The van der Waals surface area contributed by atoms with Gasteiger partial charge in [0.25, 0.3) is 5.91 Å². The summed E-state index contributed by atoms with van der Waals surface area (Å²) >= 11 is 0. The molecule has 2 unspecified atom stereocenters. The van der Waals surface area contributed by atoms with Crippen LogP contribution in [0.1, 0.15) is 23.7 Å². The maximum absolute atomic E-state index is 12.4. The number of benzene rings is 1. The van der Waals surface area contributed by atoms with E-state index in [1.54, 1.807) is 26.2 Å². The molecule has 1 heterocycles. The Morgan fingerprint density at radius 1 is 1.27 bits per heavy atom. The number of nitrogens with one attached hydrogen (secondary N) is 2. The van der Waals surface area contributed by atoms with E-state index in [9.17, 15) is 13.2 Å². The SMILES string of the molecule is CC1CNCCC1NS(=O)(=O)c1ccc(C(=O)N(C)C)cc1. The second kappa shape index (κ2) is 6.76. The number of hydrogen-bond acceptors (Lipinski definition) is 4. The Morgan fingerprint density at radius 2 is 1.91 bits per heavy atom. The predicted molar refractivity (Wildman–Crippen MR) is 85.2 cm³/mol. The molecule has 7 heteroatoms. The summed E-state index contributed by atoms with van der Waals surface area (Å²) in [4.78, 5) is 13.5. The Hall–Kier alpha value is -1.44. The predicted octanol–water partition coefficient (Wildman–Crippen LogP) is 0.665. The molecule has 1 aromatic carbocycles. The molecule has 2 rings (SSSR count). The van der Waals surface area contributed by atoms with Gasteiger partial charge in [-0.3, -0.25) is 4.79 Å². The summed E-state index contributed by atoms with van der Waals surface area (Å²) in [6.45, 7) is 3.65. The molecule has 0 saturated carbocycles. The van der Waals surface area contributed by atoms with E-state index in [-0.39, 0.29) is 22.8 Å². The molecule has 1 amide bonds. The third-order valence-corrected chi connectivity index (χ3v) is 5.42. The van der Waals surface area contributed by atoms with Crippen LogP contribution in [0.3, 0.4) is 0 Å². The number of nitrogens with zero attached hydrogens (tertiary/aromatic N) is 1. The highest BCUT2D eigenvalue weighted by molar-refractivity contribution is 7.89. The summed E-state index contributed by atoms with van der Waals surface area (Å²) in [5, 5.41) is 3.24. The zero-order valence-electron chi connectivity index (χ0n) is 13.2. The van der Waals surface area contributed by atoms with Crippen molar-refractivity contribution in [2.75, 3.05) is 27.2 Å². The van der Waals surface area contributed by atoms with Gasteiger partial charge in [0.1, 0.15) is 0 Å². The average molecular weight is 325 g/mol. The van der Waals surface area contributed by atoms with Crippen molar-refractivity contribution < 1.29 is 13.2 Å². The minimum atomic E-state index is -3.56. The van der Waals surface area contributed by atoms with E-state index in [1.807, 2.05) is 6.92 Å². The largest absolute Gasteiger partial charge is 0.345 e. The Kier molecular flexibility index (Phi) is 5.20. The molecule has 0 bridgehead atoms.